The predicted molar refractivity (Wildman–Crippen MR) is 97.6 cm³/mol. The topological polar surface area (TPSA) is 0 Å². The highest BCUT2D eigenvalue weighted by Gasteiger charge is 2.07. The Morgan fingerprint density at radius 1 is 0.905 bits per heavy atom. The first-order valence-corrected chi connectivity index (χ1v) is 8.14. The Morgan fingerprint density at radius 3 is 2.19 bits per heavy atom. The van der Waals surface area contributed by atoms with E-state index >= 15 is 0 Å². The average molecular weight is 280 g/mol. The second-order valence-electron chi connectivity index (χ2n) is 4.74. The van der Waals surface area contributed by atoms with Crippen molar-refractivity contribution in [1.82, 2.24) is 0 Å². The molecule has 2 aromatic carbocycles. The minimum atomic E-state index is 1.07. The molecule has 0 amide bonds. The van der Waals surface area contributed by atoms with Crippen LogP contribution in [0.15, 0.2) is 60.2 Å². The Morgan fingerprint density at radius 2 is 1.57 bits per heavy atom. The fourth-order valence-electron chi connectivity index (χ4n) is 2.71. The zero-order valence-corrected chi connectivity index (χ0v) is 14.1. The van der Waals surface area contributed by atoms with Gasteiger partial charge in [0.15, 0.2) is 0 Å². The molecular formula is C21H28. The molecule has 0 atom stereocenters. The molecule has 2 aromatic rings. The molecular weight excluding hydrogens is 252 g/mol. The van der Waals surface area contributed by atoms with Gasteiger partial charge in [-0.2, -0.15) is 0 Å². The van der Waals surface area contributed by atoms with E-state index in [1.165, 1.54) is 27.5 Å². The molecule has 0 aliphatic heterocycles. The van der Waals surface area contributed by atoms with Gasteiger partial charge in [-0.15, -0.1) is 0 Å². The highest BCUT2D eigenvalue weighted by Crippen LogP contribution is 2.30. The van der Waals surface area contributed by atoms with Crippen molar-refractivity contribution in [3.05, 3.63) is 65.8 Å². The summed E-state index contributed by atoms with van der Waals surface area (Å²) >= 11 is 0. The Balaban J connectivity index is 0.00000106. The molecule has 0 radical (unpaired) electrons. The lowest BCUT2D eigenvalue weighted by molar-refractivity contribution is 1.11. The summed E-state index contributed by atoms with van der Waals surface area (Å²) in [4.78, 5) is 0. The highest BCUT2D eigenvalue weighted by atomic mass is 14.1. The summed E-state index contributed by atoms with van der Waals surface area (Å²) in [6.07, 6.45) is 6.54. The summed E-state index contributed by atoms with van der Waals surface area (Å²) in [5.74, 6) is 0. The fraction of sp³-hybridized carbons (Fsp3) is 0.333. The van der Waals surface area contributed by atoms with Crippen LogP contribution >= 0.6 is 0 Å². The van der Waals surface area contributed by atoms with E-state index in [1.807, 2.05) is 13.8 Å². The molecule has 0 fully saturated rings. The third kappa shape index (κ3) is 4.07. The first-order chi connectivity index (χ1) is 10.3. The molecule has 0 spiro atoms. The van der Waals surface area contributed by atoms with Gasteiger partial charge in [-0.1, -0.05) is 82.3 Å². The van der Waals surface area contributed by atoms with Crippen LogP contribution in [0.3, 0.4) is 0 Å². The van der Waals surface area contributed by atoms with Crippen LogP contribution < -0.4 is 0 Å². The van der Waals surface area contributed by atoms with Crippen LogP contribution in [-0.2, 0) is 0 Å². The second kappa shape index (κ2) is 9.18. The third-order valence-corrected chi connectivity index (χ3v) is 3.60. The normalized spacial score (nSPS) is 12.0. The van der Waals surface area contributed by atoms with E-state index in [2.05, 4.69) is 75.4 Å². The molecule has 0 bridgehead atoms. The molecule has 112 valence electrons. The lowest BCUT2D eigenvalue weighted by atomic mass is 9.92. The standard InChI is InChI=1S/C19H22.C2H6/c1-4-10-15(5-2)17(6-3)19-14-9-12-16-11-7-8-13-18(16)19;1-2/h4,7-14H,5-6H2,1-3H3;1-2H3/b10-4-,17-15-;. The van der Waals surface area contributed by atoms with Crippen LogP contribution in [0.2, 0.25) is 0 Å². The van der Waals surface area contributed by atoms with Crippen LogP contribution in [0, 0.1) is 0 Å². The van der Waals surface area contributed by atoms with E-state index in [0.717, 1.165) is 12.8 Å². The van der Waals surface area contributed by atoms with Gasteiger partial charge in [0.25, 0.3) is 0 Å². The summed E-state index contributed by atoms with van der Waals surface area (Å²) in [7, 11) is 0. The molecule has 0 saturated heterocycles. The van der Waals surface area contributed by atoms with Crippen LogP contribution in [0.1, 0.15) is 53.0 Å². The molecule has 0 N–H and O–H groups in total. The van der Waals surface area contributed by atoms with Gasteiger partial charge in [0.05, 0.1) is 0 Å². The van der Waals surface area contributed by atoms with Crippen LogP contribution in [0.5, 0.6) is 0 Å². The maximum absolute atomic E-state index is 2.25. The summed E-state index contributed by atoms with van der Waals surface area (Å²) in [6.45, 7) is 10.6. The summed E-state index contributed by atoms with van der Waals surface area (Å²) in [5.41, 5.74) is 4.30. The van der Waals surface area contributed by atoms with E-state index < -0.39 is 0 Å². The first-order valence-electron chi connectivity index (χ1n) is 8.14. The van der Waals surface area contributed by atoms with E-state index in [9.17, 15) is 0 Å². The van der Waals surface area contributed by atoms with E-state index in [4.69, 9.17) is 0 Å². The lowest BCUT2D eigenvalue weighted by Crippen LogP contribution is -1.90. The number of rotatable bonds is 4. The minimum Gasteiger partial charge on any atom is -0.0874 e. The minimum absolute atomic E-state index is 1.07. The Kier molecular flexibility index (Phi) is 7.53. The quantitative estimate of drug-likeness (QED) is 0.528. The van der Waals surface area contributed by atoms with Crippen molar-refractivity contribution in [1.29, 1.82) is 0 Å². The van der Waals surface area contributed by atoms with Crippen molar-refractivity contribution in [3.63, 3.8) is 0 Å². The van der Waals surface area contributed by atoms with E-state index in [-0.39, 0.29) is 0 Å². The highest BCUT2D eigenvalue weighted by molar-refractivity contribution is 5.94. The van der Waals surface area contributed by atoms with Crippen molar-refractivity contribution >= 4 is 16.3 Å². The van der Waals surface area contributed by atoms with Gasteiger partial charge in [0.1, 0.15) is 0 Å². The zero-order chi connectivity index (χ0) is 15.7. The van der Waals surface area contributed by atoms with Crippen molar-refractivity contribution < 1.29 is 0 Å². The Labute approximate surface area is 130 Å². The largest absolute Gasteiger partial charge is 0.0874 e. The van der Waals surface area contributed by atoms with Crippen molar-refractivity contribution in [2.45, 2.75) is 47.5 Å². The van der Waals surface area contributed by atoms with E-state index in [0.29, 0.717) is 0 Å². The van der Waals surface area contributed by atoms with Gasteiger partial charge < -0.3 is 0 Å². The summed E-state index contributed by atoms with van der Waals surface area (Å²) in [6, 6.07) is 15.2. The molecule has 0 nitrogen and oxygen atoms in total. The van der Waals surface area contributed by atoms with Crippen LogP contribution in [0.25, 0.3) is 16.3 Å². The molecule has 21 heavy (non-hydrogen) atoms. The molecule has 0 aromatic heterocycles. The molecule has 0 saturated carbocycles. The molecule has 0 aliphatic rings. The molecule has 0 unspecified atom stereocenters. The predicted octanol–water partition coefficient (Wildman–Crippen LogP) is 7.02. The van der Waals surface area contributed by atoms with Gasteiger partial charge in [-0.3, -0.25) is 0 Å². The van der Waals surface area contributed by atoms with Gasteiger partial charge in [-0.25, -0.2) is 0 Å². The second-order valence-corrected chi connectivity index (χ2v) is 4.74. The number of benzene rings is 2. The summed E-state index contributed by atoms with van der Waals surface area (Å²) in [5, 5.41) is 2.68. The van der Waals surface area contributed by atoms with Gasteiger partial charge in [0.2, 0.25) is 0 Å². The van der Waals surface area contributed by atoms with Crippen molar-refractivity contribution in [2.24, 2.45) is 0 Å². The molecule has 0 aliphatic carbocycles. The summed E-state index contributed by atoms with van der Waals surface area (Å²) < 4.78 is 0. The van der Waals surface area contributed by atoms with Gasteiger partial charge in [0, 0.05) is 0 Å². The van der Waals surface area contributed by atoms with Crippen molar-refractivity contribution in [3.8, 4) is 0 Å². The molecule has 2 rings (SSSR count). The maximum atomic E-state index is 2.25. The zero-order valence-electron chi connectivity index (χ0n) is 14.1. The van der Waals surface area contributed by atoms with Gasteiger partial charge in [-0.05, 0) is 47.2 Å². The van der Waals surface area contributed by atoms with E-state index in [1.54, 1.807) is 0 Å². The monoisotopic (exact) mass is 280 g/mol. The molecule has 0 heterocycles. The molecule has 0 heteroatoms. The Hall–Kier alpha value is -1.82. The van der Waals surface area contributed by atoms with Crippen LogP contribution in [0.4, 0.5) is 0 Å². The third-order valence-electron chi connectivity index (χ3n) is 3.60. The Bertz CT molecular complexity index is 609. The van der Waals surface area contributed by atoms with Gasteiger partial charge >= 0.3 is 0 Å². The number of fused-ring (bicyclic) bond motifs is 1. The fourth-order valence-corrected chi connectivity index (χ4v) is 2.71. The number of allylic oxidation sites excluding steroid dienone is 4. The SMILES string of the molecule is C/C=C\C(CC)=C(\CC)c1cccc2ccccc12.CC. The van der Waals surface area contributed by atoms with Crippen LogP contribution in [-0.4, -0.2) is 0 Å². The van der Waals surface area contributed by atoms with Crippen molar-refractivity contribution in [2.75, 3.05) is 0 Å². The number of hydrogen-bond acceptors (Lipinski definition) is 0. The first kappa shape index (κ1) is 17.2. The average Bonchev–Trinajstić information content (AvgIpc) is 2.56. The maximum Gasteiger partial charge on any atom is -0.0109 e. The number of hydrogen-bond donors (Lipinski definition) is 0. The smallest absolute Gasteiger partial charge is 0.0109 e. The lowest BCUT2D eigenvalue weighted by Gasteiger charge is -2.13.